The topological polar surface area (TPSA) is 71.1 Å². The lowest BCUT2D eigenvalue weighted by Crippen LogP contribution is -2.37. The minimum atomic E-state index is 0.233. The average Bonchev–Trinajstić information content (AvgIpc) is 2.44. The van der Waals surface area contributed by atoms with E-state index in [-0.39, 0.29) is 5.75 Å². The van der Waals surface area contributed by atoms with Gasteiger partial charge in [-0.3, -0.25) is 4.90 Å². The van der Waals surface area contributed by atoms with Gasteiger partial charge in [-0.05, 0) is 19.1 Å². The van der Waals surface area contributed by atoms with Gasteiger partial charge < -0.3 is 15.7 Å². The first-order valence-electron chi connectivity index (χ1n) is 6.57. The molecule has 1 aromatic rings. The predicted octanol–water partition coefficient (Wildman–Crippen LogP) is 1.09. The molecule has 1 aliphatic rings. The monoisotopic (exact) mass is 263 g/mol. The normalized spacial score (nSPS) is 17.6. The Kier molecular flexibility index (Phi) is 4.76. The summed E-state index contributed by atoms with van der Waals surface area (Å²) in [6.07, 6.45) is 0.730. The van der Waals surface area contributed by atoms with Crippen molar-refractivity contribution in [1.29, 1.82) is 0 Å². The lowest BCUT2D eigenvalue weighted by atomic mass is 10.0. The fraction of sp³-hybridized carbons (Fsp3) is 0.500. The van der Waals surface area contributed by atoms with Crippen molar-refractivity contribution in [2.45, 2.75) is 13.3 Å². The van der Waals surface area contributed by atoms with Crippen molar-refractivity contribution in [3.8, 4) is 5.75 Å². The zero-order chi connectivity index (χ0) is 13.7. The van der Waals surface area contributed by atoms with Gasteiger partial charge in [0.05, 0.1) is 18.9 Å². The molecule has 3 N–H and O–H groups in total. The van der Waals surface area contributed by atoms with Gasteiger partial charge in [0.2, 0.25) is 0 Å². The molecule has 1 heterocycles. The molecule has 1 aliphatic heterocycles. The Balaban J connectivity index is 2.01. The molecule has 0 amide bonds. The molecule has 0 spiro atoms. The number of hydrogen-bond acceptors (Lipinski definition) is 5. The predicted molar refractivity (Wildman–Crippen MR) is 75.4 cm³/mol. The standard InChI is InChI=1S/C14H21N3O2/c1-11-2-3-14(18)12(10-11)13(16-15)4-5-17-6-8-19-9-7-17/h2-3,10,18H,4-9,15H2,1H3. The molecule has 1 saturated heterocycles. The number of aryl methyl sites for hydroxylation is 1. The molecule has 0 saturated carbocycles. The van der Waals surface area contributed by atoms with Crippen LogP contribution >= 0.6 is 0 Å². The number of rotatable bonds is 4. The second kappa shape index (κ2) is 6.54. The van der Waals surface area contributed by atoms with Gasteiger partial charge >= 0.3 is 0 Å². The lowest BCUT2D eigenvalue weighted by Gasteiger charge is -2.26. The Hall–Kier alpha value is -1.59. The SMILES string of the molecule is Cc1ccc(O)c(C(CCN2CCOCC2)=NN)c1. The highest BCUT2D eigenvalue weighted by atomic mass is 16.5. The summed E-state index contributed by atoms with van der Waals surface area (Å²) in [5, 5.41) is 13.7. The quantitative estimate of drug-likeness (QED) is 0.484. The van der Waals surface area contributed by atoms with Crippen LogP contribution in [0, 0.1) is 6.92 Å². The van der Waals surface area contributed by atoms with Crippen molar-refractivity contribution in [2.75, 3.05) is 32.8 Å². The number of ether oxygens (including phenoxy) is 1. The van der Waals surface area contributed by atoms with E-state index in [1.54, 1.807) is 6.07 Å². The van der Waals surface area contributed by atoms with E-state index < -0.39 is 0 Å². The van der Waals surface area contributed by atoms with Crippen LogP contribution in [-0.2, 0) is 4.74 Å². The van der Waals surface area contributed by atoms with Crippen LogP contribution < -0.4 is 5.84 Å². The van der Waals surface area contributed by atoms with Crippen molar-refractivity contribution in [2.24, 2.45) is 10.9 Å². The minimum absolute atomic E-state index is 0.233. The highest BCUT2D eigenvalue weighted by Gasteiger charge is 2.14. The third-order valence-electron chi connectivity index (χ3n) is 3.39. The number of morpholine rings is 1. The van der Waals surface area contributed by atoms with Gasteiger partial charge in [-0.15, -0.1) is 0 Å². The number of phenolic OH excluding ortho intramolecular Hbond substituents is 1. The largest absolute Gasteiger partial charge is 0.507 e. The van der Waals surface area contributed by atoms with Crippen LogP contribution in [0.5, 0.6) is 5.75 Å². The molecule has 1 aromatic carbocycles. The number of hydrazone groups is 1. The molecular weight excluding hydrogens is 242 g/mol. The molecule has 0 unspecified atom stereocenters. The number of nitrogens with zero attached hydrogens (tertiary/aromatic N) is 2. The van der Waals surface area contributed by atoms with Crippen LogP contribution in [0.15, 0.2) is 23.3 Å². The zero-order valence-corrected chi connectivity index (χ0v) is 11.3. The van der Waals surface area contributed by atoms with Gasteiger partial charge in [0.1, 0.15) is 5.75 Å². The van der Waals surface area contributed by atoms with Gasteiger partial charge in [0.15, 0.2) is 0 Å². The minimum Gasteiger partial charge on any atom is -0.507 e. The number of aromatic hydroxyl groups is 1. The molecule has 5 nitrogen and oxygen atoms in total. The highest BCUT2D eigenvalue weighted by molar-refractivity contribution is 6.02. The van der Waals surface area contributed by atoms with E-state index in [0.717, 1.165) is 56.1 Å². The van der Waals surface area contributed by atoms with Crippen LogP contribution in [0.2, 0.25) is 0 Å². The first kappa shape index (κ1) is 13.8. The number of nitrogens with two attached hydrogens (primary N) is 1. The Labute approximate surface area is 113 Å². The highest BCUT2D eigenvalue weighted by Crippen LogP contribution is 2.20. The molecule has 0 bridgehead atoms. The second-order valence-electron chi connectivity index (χ2n) is 4.80. The van der Waals surface area contributed by atoms with Gasteiger partial charge in [-0.25, -0.2) is 0 Å². The summed E-state index contributed by atoms with van der Waals surface area (Å²) in [6, 6.07) is 5.47. The van der Waals surface area contributed by atoms with E-state index in [0.29, 0.717) is 0 Å². The van der Waals surface area contributed by atoms with E-state index in [9.17, 15) is 5.11 Å². The molecule has 0 aliphatic carbocycles. The van der Waals surface area contributed by atoms with Gasteiger partial charge in [0.25, 0.3) is 0 Å². The Morgan fingerprint density at radius 1 is 1.42 bits per heavy atom. The molecule has 2 rings (SSSR count). The molecular formula is C14H21N3O2. The fourth-order valence-electron chi connectivity index (χ4n) is 2.24. The molecule has 0 radical (unpaired) electrons. The molecule has 0 aromatic heterocycles. The smallest absolute Gasteiger partial charge is 0.124 e. The van der Waals surface area contributed by atoms with Crippen LogP contribution in [0.1, 0.15) is 17.5 Å². The van der Waals surface area contributed by atoms with Crippen LogP contribution in [0.3, 0.4) is 0 Å². The maximum Gasteiger partial charge on any atom is 0.124 e. The zero-order valence-electron chi connectivity index (χ0n) is 11.3. The van der Waals surface area contributed by atoms with Crippen LogP contribution in [0.25, 0.3) is 0 Å². The molecule has 104 valence electrons. The number of hydrogen-bond donors (Lipinski definition) is 2. The van der Waals surface area contributed by atoms with E-state index in [4.69, 9.17) is 10.6 Å². The maximum absolute atomic E-state index is 9.90. The third-order valence-corrected chi connectivity index (χ3v) is 3.39. The molecule has 0 atom stereocenters. The van der Waals surface area contributed by atoms with E-state index in [1.807, 2.05) is 19.1 Å². The summed E-state index contributed by atoms with van der Waals surface area (Å²) in [7, 11) is 0. The summed E-state index contributed by atoms with van der Waals surface area (Å²) in [6.45, 7) is 6.32. The van der Waals surface area contributed by atoms with Gasteiger partial charge in [-0.1, -0.05) is 11.6 Å². The molecule has 19 heavy (non-hydrogen) atoms. The Morgan fingerprint density at radius 2 is 2.16 bits per heavy atom. The number of phenols is 1. The lowest BCUT2D eigenvalue weighted by molar-refractivity contribution is 0.0392. The summed E-state index contributed by atoms with van der Waals surface area (Å²) in [5.41, 5.74) is 2.56. The number of benzene rings is 1. The van der Waals surface area contributed by atoms with Crippen molar-refractivity contribution >= 4 is 5.71 Å². The molecule has 1 fully saturated rings. The van der Waals surface area contributed by atoms with Crippen LogP contribution in [0.4, 0.5) is 0 Å². The third kappa shape index (κ3) is 3.68. The molecule has 5 heteroatoms. The van der Waals surface area contributed by atoms with Gasteiger partial charge in [0, 0.05) is 31.6 Å². The first-order chi connectivity index (χ1) is 9.20. The first-order valence-corrected chi connectivity index (χ1v) is 6.57. The van der Waals surface area contributed by atoms with Crippen molar-refractivity contribution < 1.29 is 9.84 Å². The maximum atomic E-state index is 9.90. The fourth-order valence-corrected chi connectivity index (χ4v) is 2.24. The Bertz CT molecular complexity index is 454. The van der Waals surface area contributed by atoms with Crippen molar-refractivity contribution in [3.05, 3.63) is 29.3 Å². The summed E-state index contributed by atoms with van der Waals surface area (Å²) < 4.78 is 5.32. The summed E-state index contributed by atoms with van der Waals surface area (Å²) >= 11 is 0. The van der Waals surface area contributed by atoms with Crippen molar-refractivity contribution in [1.82, 2.24) is 4.90 Å². The second-order valence-corrected chi connectivity index (χ2v) is 4.80. The van der Waals surface area contributed by atoms with Crippen LogP contribution in [-0.4, -0.2) is 48.6 Å². The van der Waals surface area contributed by atoms with E-state index in [2.05, 4.69) is 10.0 Å². The van der Waals surface area contributed by atoms with E-state index in [1.165, 1.54) is 0 Å². The Morgan fingerprint density at radius 3 is 2.84 bits per heavy atom. The van der Waals surface area contributed by atoms with E-state index >= 15 is 0 Å². The summed E-state index contributed by atoms with van der Waals surface area (Å²) in [4.78, 5) is 2.32. The summed E-state index contributed by atoms with van der Waals surface area (Å²) in [5.74, 6) is 5.71. The average molecular weight is 263 g/mol. The van der Waals surface area contributed by atoms with Crippen molar-refractivity contribution in [3.63, 3.8) is 0 Å². The van der Waals surface area contributed by atoms with Gasteiger partial charge in [-0.2, -0.15) is 5.10 Å².